The lowest BCUT2D eigenvalue weighted by Gasteiger charge is -2.15. The number of furan rings is 1. The molecule has 1 atom stereocenters. The van der Waals surface area contributed by atoms with Crippen molar-refractivity contribution in [3.63, 3.8) is 0 Å². The third kappa shape index (κ3) is 3.44. The minimum Gasteiger partial charge on any atom is -0.465 e. The molecule has 0 bridgehead atoms. The number of nitrogens with zero attached hydrogens (tertiary/aromatic N) is 2. The zero-order valence-corrected chi connectivity index (χ0v) is 14.4. The summed E-state index contributed by atoms with van der Waals surface area (Å²) in [5.74, 6) is 0.848. The van der Waals surface area contributed by atoms with Gasteiger partial charge in [-0.3, -0.25) is 0 Å². The van der Waals surface area contributed by atoms with Gasteiger partial charge in [-0.1, -0.05) is 30.3 Å². The molecule has 0 saturated carbocycles. The van der Waals surface area contributed by atoms with E-state index >= 15 is 0 Å². The Bertz CT molecular complexity index is 841. The number of aromatic nitrogens is 2. The summed E-state index contributed by atoms with van der Waals surface area (Å²) >= 11 is 0. The van der Waals surface area contributed by atoms with Crippen LogP contribution in [0.25, 0.3) is 22.9 Å². The molecule has 1 aliphatic rings. The van der Waals surface area contributed by atoms with Gasteiger partial charge in [0.15, 0.2) is 0 Å². The van der Waals surface area contributed by atoms with Crippen molar-refractivity contribution in [1.82, 2.24) is 9.55 Å². The Labute approximate surface area is 147 Å². The van der Waals surface area contributed by atoms with Gasteiger partial charge in [-0.15, -0.1) is 0 Å². The molecule has 1 aliphatic heterocycles. The Morgan fingerprint density at radius 1 is 1.24 bits per heavy atom. The number of hydrogen-bond acceptors (Lipinski definition) is 3. The lowest BCUT2D eigenvalue weighted by molar-refractivity contribution is 0.0968. The van der Waals surface area contributed by atoms with E-state index in [2.05, 4.69) is 29.7 Å². The summed E-state index contributed by atoms with van der Waals surface area (Å²) in [4.78, 5) is 4.71. The molecule has 4 heteroatoms. The second-order valence-corrected chi connectivity index (χ2v) is 6.44. The van der Waals surface area contributed by atoms with Gasteiger partial charge in [-0.2, -0.15) is 0 Å². The van der Waals surface area contributed by atoms with Gasteiger partial charge in [-0.25, -0.2) is 4.98 Å². The normalized spacial score (nSPS) is 18.0. The fourth-order valence-electron chi connectivity index (χ4n) is 3.40. The van der Waals surface area contributed by atoms with E-state index in [-0.39, 0.29) is 6.10 Å². The molecule has 3 aromatic rings. The summed E-state index contributed by atoms with van der Waals surface area (Å²) in [6, 6.07) is 14.2. The molecule has 4 rings (SSSR count). The molecule has 0 amide bonds. The van der Waals surface area contributed by atoms with E-state index in [0.717, 1.165) is 54.3 Å². The number of benzene rings is 1. The third-order valence-electron chi connectivity index (χ3n) is 4.58. The molecule has 1 fully saturated rings. The highest BCUT2D eigenvalue weighted by molar-refractivity contribution is 5.84. The van der Waals surface area contributed by atoms with Gasteiger partial charge in [0.2, 0.25) is 0 Å². The molecular formula is C21H22N2O2. The molecule has 0 unspecified atom stereocenters. The van der Waals surface area contributed by atoms with Crippen molar-refractivity contribution in [2.24, 2.45) is 0 Å². The average molecular weight is 334 g/mol. The summed E-state index contributed by atoms with van der Waals surface area (Å²) in [6.45, 7) is 3.80. The maximum Gasteiger partial charge on any atom is 0.126 e. The van der Waals surface area contributed by atoms with E-state index in [9.17, 15) is 0 Å². The lowest BCUT2D eigenvalue weighted by Crippen LogP contribution is -2.15. The highest BCUT2D eigenvalue weighted by Crippen LogP contribution is 2.30. The second kappa shape index (κ2) is 7.11. The van der Waals surface area contributed by atoms with E-state index in [1.165, 1.54) is 0 Å². The fourth-order valence-corrected chi connectivity index (χ4v) is 3.40. The molecular weight excluding hydrogens is 312 g/mol. The van der Waals surface area contributed by atoms with Crippen molar-refractivity contribution in [3.05, 3.63) is 66.5 Å². The molecule has 2 aromatic heterocycles. The first-order chi connectivity index (χ1) is 12.3. The summed E-state index contributed by atoms with van der Waals surface area (Å²) in [5.41, 5.74) is 4.37. The molecule has 0 radical (unpaired) electrons. The predicted octanol–water partition coefficient (Wildman–Crippen LogP) is 4.88. The molecule has 1 saturated heterocycles. The number of hydrogen-bond donors (Lipinski definition) is 0. The maximum absolute atomic E-state index is 5.83. The van der Waals surface area contributed by atoms with Crippen LogP contribution in [0.2, 0.25) is 0 Å². The smallest absolute Gasteiger partial charge is 0.126 e. The van der Waals surface area contributed by atoms with Crippen LogP contribution in [0.15, 0.2) is 59.5 Å². The third-order valence-corrected chi connectivity index (χ3v) is 4.58. The van der Waals surface area contributed by atoms with E-state index in [0.29, 0.717) is 0 Å². The molecule has 25 heavy (non-hydrogen) atoms. The Balaban J connectivity index is 1.75. The number of rotatable bonds is 5. The standard InChI is InChI=1S/C21H22N2O2/c1-16(13-18-9-5-11-24-18)21-20(17-7-3-2-4-8-17)22-15-23(21)14-19-10-6-12-25-19/h2-5,7-9,11,13,15,19H,6,10,12,14H2,1H3/t19-/m0/s1. The SMILES string of the molecule is CC(=Cc1ccco1)c1c(-c2ccccc2)ncn1C[C@@H]1CCCO1. The van der Waals surface area contributed by atoms with Gasteiger partial charge >= 0.3 is 0 Å². The van der Waals surface area contributed by atoms with Gasteiger partial charge < -0.3 is 13.7 Å². The van der Waals surface area contributed by atoms with Crippen LogP contribution in [0, 0.1) is 0 Å². The largest absolute Gasteiger partial charge is 0.465 e. The van der Waals surface area contributed by atoms with E-state index in [1.54, 1.807) is 6.26 Å². The first-order valence-electron chi connectivity index (χ1n) is 8.75. The second-order valence-electron chi connectivity index (χ2n) is 6.44. The molecule has 4 nitrogen and oxygen atoms in total. The Kier molecular flexibility index (Phi) is 4.53. The highest BCUT2D eigenvalue weighted by atomic mass is 16.5. The van der Waals surface area contributed by atoms with Gasteiger partial charge in [0, 0.05) is 12.2 Å². The van der Waals surface area contributed by atoms with Crippen molar-refractivity contribution in [2.45, 2.75) is 32.4 Å². The molecule has 128 valence electrons. The zero-order valence-electron chi connectivity index (χ0n) is 14.4. The van der Waals surface area contributed by atoms with Crippen LogP contribution in [0.3, 0.4) is 0 Å². The first-order valence-corrected chi connectivity index (χ1v) is 8.75. The van der Waals surface area contributed by atoms with Crippen LogP contribution in [0.4, 0.5) is 0 Å². The van der Waals surface area contributed by atoms with Gasteiger partial charge in [0.05, 0.1) is 36.6 Å². The lowest BCUT2D eigenvalue weighted by atomic mass is 10.0. The van der Waals surface area contributed by atoms with Crippen molar-refractivity contribution in [1.29, 1.82) is 0 Å². The monoisotopic (exact) mass is 334 g/mol. The molecule has 3 heterocycles. The minimum atomic E-state index is 0.271. The van der Waals surface area contributed by atoms with Crippen LogP contribution in [-0.4, -0.2) is 22.3 Å². The average Bonchev–Trinajstić information content (AvgIpc) is 3.38. The van der Waals surface area contributed by atoms with Crippen LogP contribution in [0.1, 0.15) is 31.2 Å². The zero-order chi connectivity index (χ0) is 17.1. The minimum absolute atomic E-state index is 0.271. The summed E-state index contributed by atoms with van der Waals surface area (Å²) in [5, 5.41) is 0. The fraction of sp³-hybridized carbons (Fsp3) is 0.286. The molecule has 1 aromatic carbocycles. The number of ether oxygens (including phenoxy) is 1. The molecule has 0 aliphatic carbocycles. The van der Waals surface area contributed by atoms with Crippen LogP contribution in [0.5, 0.6) is 0 Å². The van der Waals surface area contributed by atoms with Crippen LogP contribution >= 0.6 is 0 Å². The quantitative estimate of drug-likeness (QED) is 0.667. The van der Waals surface area contributed by atoms with E-state index in [4.69, 9.17) is 14.1 Å². The van der Waals surface area contributed by atoms with Crippen molar-refractivity contribution >= 4 is 11.6 Å². The van der Waals surface area contributed by atoms with Crippen molar-refractivity contribution < 1.29 is 9.15 Å². The number of allylic oxidation sites excluding steroid dienone is 1. The summed E-state index contributed by atoms with van der Waals surface area (Å²) < 4.78 is 13.5. The van der Waals surface area contributed by atoms with Gasteiger partial charge in [0.1, 0.15) is 5.76 Å². The number of imidazole rings is 1. The van der Waals surface area contributed by atoms with E-state index in [1.807, 2.05) is 36.7 Å². The first kappa shape index (κ1) is 15.9. The Morgan fingerprint density at radius 3 is 2.84 bits per heavy atom. The maximum atomic E-state index is 5.83. The Morgan fingerprint density at radius 2 is 2.12 bits per heavy atom. The molecule has 0 N–H and O–H groups in total. The van der Waals surface area contributed by atoms with E-state index < -0.39 is 0 Å². The van der Waals surface area contributed by atoms with Crippen molar-refractivity contribution in [3.8, 4) is 11.3 Å². The molecule has 0 spiro atoms. The Hall–Kier alpha value is -2.59. The highest BCUT2D eigenvalue weighted by Gasteiger charge is 2.20. The predicted molar refractivity (Wildman–Crippen MR) is 98.9 cm³/mol. The summed E-state index contributed by atoms with van der Waals surface area (Å²) in [7, 11) is 0. The summed E-state index contributed by atoms with van der Waals surface area (Å²) in [6.07, 6.45) is 8.21. The van der Waals surface area contributed by atoms with Gasteiger partial charge in [-0.05, 0) is 43.5 Å². The van der Waals surface area contributed by atoms with Crippen molar-refractivity contribution in [2.75, 3.05) is 6.61 Å². The van der Waals surface area contributed by atoms with Crippen LogP contribution < -0.4 is 0 Å². The van der Waals surface area contributed by atoms with Crippen LogP contribution in [-0.2, 0) is 11.3 Å². The topological polar surface area (TPSA) is 40.2 Å². The van der Waals surface area contributed by atoms with Gasteiger partial charge in [0.25, 0.3) is 0 Å².